The Labute approximate surface area is 135 Å². The van der Waals surface area contributed by atoms with Crippen molar-refractivity contribution in [3.63, 3.8) is 0 Å². The van der Waals surface area contributed by atoms with Crippen LogP contribution in [0.25, 0.3) is 0 Å². The molecule has 0 saturated heterocycles. The summed E-state index contributed by atoms with van der Waals surface area (Å²) in [6.45, 7) is 3.45. The maximum absolute atomic E-state index is 14.3. The van der Waals surface area contributed by atoms with E-state index in [1.807, 2.05) is 0 Å². The number of hydrogen-bond donors (Lipinski definition) is 2. The molecule has 0 bridgehead atoms. The van der Waals surface area contributed by atoms with Gasteiger partial charge in [-0.05, 0) is 61.2 Å². The minimum atomic E-state index is -3.84. The van der Waals surface area contributed by atoms with Crippen LogP contribution in [0.2, 0.25) is 0 Å². The van der Waals surface area contributed by atoms with Crippen molar-refractivity contribution in [3.05, 3.63) is 53.8 Å². The van der Waals surface area contributed by atoms with Crippen LogP contribution in [0.15, 0.2) is 52.3 Å². The Morgan fingerprint density at radius 2 is 1.74 bits per heavy atom. The number of rotatable bonds is 5. The monoisotopic (exact) mass is 335 g/mol. The van der Waals surface area contributed by atoms with E-state index in [4.69, 9.17) is 5.41 Å². The number of aromatic hydroxyl groups is 1. The highest BCUT2D eigenvalue weighted by Crippen LogP contribution is 2.28. The molecule has 2 aromatic carbocycles. The molecule has 1 unspecified atom stereocenters. The fourth-order valence-corrected chi connectivity index (χ4v) is 3.68. The van der Waals surface area contributed by atoms with Crippen LogP contribution in [0.1, 0.15) is 31.7 Å². The number of benzene rings is 2. The van der Waals surface area contributed by atoms with E-state index < -0.39 is 15.7 Å². The first-order valence-corrected chi connectivity index (χ1v) is 8.57. The van der Waals surface area contributed by atoms with Gasteiger partial charge in [0.15, 0.2) is 0 Å². The van der Waals surface area contributed by atoms with Crippen LogP contribution in [0.5, 0.6) is 5.75 Å². The average molecular weight is 335 g/mol. The smallest absolute Gasteiger partial charge is 0.206 e. The Morgan fingerprint density at radius 1 is 1.17 bits per heavy atom. The van der Waals surface area contributed by atoms with Gasteiger partial charge in [-0.3, -0.25) is 0 Å². The second-order valence-corrected chi connectivity index (χ2v) is 7.52. The molecule has 2 N–H and O–H groups in total. The molecule has 0 aliphatic carbocycles. The van der Waals surface area contributed by atoms with E-state index in [9.17, 15) is 17.9 Å². The van der Waals surface area contributed by atoms with Crippen molar-refractivity contribution in [1.82, 2.24) is 0 Å². The van der Waals surface area contributed by atoms with Crippen molar-refractivity contribution in [2.45, 2.75) is 36.0 Å². The summed E-state index contributed by atoms with van der Waals surface area (Å²) >= 11 is 0. The minimum absolute atomic E-state index is 0.00849. The molecule has 0 heterocycles. The van der Waals surface area contributed by atoms with E-state index in [-0.39, 0.29) is 21.5 Å². The third-order valence-electron chi connectivity index (χ3n) is 3.57. The van der Waals surface area contributed by atoms with Crippen molar-refractivity contribution in [2.75, 3.05) is 0 Å². The number of sulfone groups is 1. The molecule has 0 radical (unpaired) electrons. The van der Waals surface area contributed by atoms with Crippen LogP contribution in [0.4, 0.5) is 4.39 Å². The molecule has 2 rings (SSSR count). The van der Waals surface area contributed by atoms with Crippen molar-refractivity contribution in [3.8, 4) is 5.75 Å². The van der Waals surface area contributed by atoms with Crippen LogP contribution in [-0.4, -0.2) is 19.2 Å². The quantitative estimate of drug-likeness (QED) is 0.814. The van der Waals surface area contributed by atoms with Crippen LogP contribution in [0, 0.1) is 11.2 Å². The number of phenolic OH excluding ortho intramolecular Hbond substituents is 1. The fraction of sp³-hybridized carbons (Fsp3) is 0.235. The van der Waals surface area contributed by atoms with E-state index >= 15 is 0 Å². The molecule has 0 aliphatic heterocycles. The van der Waals surface area contributed by atoms with Crippen LogP contribution < -0.4 is 0 Å². The first-order chi connectivity index (χ1) is 10.7. The predicted octanol–water partition coefficient (Wildman–Crippen LogP) is 3.90. The van der Waals surface area contributed by atoms with Crippen LogP contribution >= 0.6 is 0 Å². The predicted molar refractivity (Wildman–Crippen MR) is 86.4 cm³/mol. The Morgan fingerprint density at radius 3 is 2.26 bits per heavy atom. The van der Waals surface area contributed by atoms with Gasteiger partial charge in [-0.15, -0.1) is 0 Å². The molecule has 6 heteroatoms. The summed E-state index contributed by atoms with van der Waals surface area (Å²) in [6, 6.07) is 8.92. The van der Waals surface area contributed by atoms with Crippen molar-refractivity contribution in [2.24, 2.45) is 0 Å². The fourth-order valence-electron chi connectivity index (χ4n) is 2.41. The molecule has 23 heavy (non-hydrogen) atoms. The first-order valence-electron chi connectivity index (χ1n) is 7.09. The lowest BCUT2D eigenvalue weighted by atomic mass is 9.95. The van der Waals surface area contributed by atoms with Gasteiger partial charge >= 0.3 is 0 Å². The van der Waals surface area contributed by atoms with E-state index in [1.165, 1.54) is 36.4 Å². The minimum Gasteiger partial charge on any atom is -0.508 e. The third kappa shape index (κ3) is 3.76. The van der Waals surface area contributed by atoms with Gasteiger partial charge in [-0.1, -0.05) is 13.0 Å². The average Bonchev–Trinajstić information content (AvgIpc) is 2.46. The maximum atomic E-state index is 14.3. The van der Waals surface area contributed by atoms with Crippen molar-refractivity contribution < 1.29 is 17.9 Å². The van der Waals surface area contributed by atoms with Gasteiger partial charge in [0, 0.05) is 5.71 Å². The highest BCUT2D eigenvalue weighted by Gasteiger charge is 2.20. The molecule has 0 saturated carbocycles. The molecule has 2 aromatic rings. The molecule has 0 fully saturated rings. The number of nitrogens with one attached hydrogen (secondary N) is 1. The molecule has 0 amide bonds. The van der Waals surface area contributed by atoms with Gasteiger partial charge < -0.3 is 10.5 Å². The summed E-state index contributed by atoms with van der Waals surface area (Å²) in [7, 11) is -3.84. The SMILES string of the molecule is CC(=N)CC(C)c1ccc(S(=O)(=O)c2ccc(O)cc2)cc1F. The number of halogens is 1. The zero-order valence-electron chi connectivity index (χ0n) is 12.9. The highest BCUT2D eigenvalue weighted by molar-refractivity contribution is 7.91. The molecule has 0 spiro atoms. The number of phenols is 1. The molecule has 1 atom stereocenters. The van der Waals surface area contributed by atoms with E-state index in [0.29, 0.717) is 17.7 Å². The van der Waals surface area contributed by atoms with Crippen molar-refractivity contribution in [1.29, 1.82) is 5.41 Å². The van der Waals surface area contributed by atoms with Gasteiger partial charge in [0.2, 0.25) is 9.84 Å². The van der Waals surface area contributed by atoms with E-state index in [2.05, 4.69) is 0 Å². The molecule has 0 aliphatic rings. The Bertz CT molecular complexity index is 829. The number of hydrogen-bond acceptors (Lipinski definition) is 4. The van der Waals surface area contributed by atoms with E-state index in [1.54, 1.807) is 13.8 Å². The first kappa shape index (κ1) is 17.1. The second-order valence-electron chi connectivity index (χ2n) is 5.57. The van der Waals surface area contributed by atoms with Gasteiger partial charge in [0.25, 0.3) is 0 Å². The lowest BCUT2D eigenvalue weighted by Gasteiger charge is -2.13. The zero-order chi connectivity index (χ0) is 17.2. The molecule has 0 aromatic heterocycles. The largest absolute Gasteiger partial charge is 0.508 e. The van der Waals surface area contributed by atoms with Gasteiger partial charge in [0.05, 0.1) is 9.79 Å². The second kappa shape index (κ2) is 6.50. The lowest BCUT2D eigenvalue weighted by molar-refractivity contribution is 0.475. The molecular formula is C17H18FNO3S. The topological polar surface area (TPSA) is 78.2 Å². The van der Waals surface area contributed by atoms with Gasteiger partial charge in [0.1, 0.15) is 11.6 Å². The Kier molecular flexibility index (Phi) is 4.85. The summed E-state index contributed by atoms with van der Waals surface area (Å²) < 4.78 is 39.2. The molecular weight excluding hydrogens is 317 g/mol. The highest BCUT2D eigenvalue weighted by atomic mass is 32.2. The Balaban J connectivity index is 2.39. The zero-order valence-corrected chi connectivity index (χ0v) is 13.7. The normalized spacial score (nSPS) is 12.8. The molecule has 122 valence electrons. The van der Waals surface area contributed by atoms with Gasteiger partial charge in [-0.25, -0.2) is 12.8 Å². The maximum Gasteiger partial charge on any atom is 0.206 e. The molecule has 4 nitrogen and oxygen atoms in total. The van der Waals surface area contributed by atoms with Crippen molar-refractivity contribution >= 4 is 15.5 Å². The van der Waals surface area contributed by atoms with Crippen LogP contribution in [-0.2, 0) is 9.84 Å². The summed E-state index contributed by atoms with van der Waals surface area (Å²) in [5.74, 6) is -0.835. The third-order valence-corrected chi connectivity index (χ3v) is 5.34. The lowest BCUT2D eigenvalue weighted by Crippen LogP contribution is -2.06. The van der Waals surface area contributed by atoms with Gasteiger partial charge in [-0.2, -0.15) is 0 Å². The summed E-state index contributed by atoms with van der Waals surface area (Å²) in [6.07, 6.45) is 0.418. The standard InChI is InChI=1S/C17H18FNO3S/c1-11(9-12(2)19)16-8-7-15(10-17(16)18)23(21,22)14-5-3-13(20)4-6-14/h3-8,10-11,19-20H,9H2,1-2H3. The summed E-state index contributed by atoms with van der Waals surface area (Å²) in [5.41, 5.74) is 0.832. The Hall–Kier alpha value is -2.21. The van der Waals surface area contributed by atoms with E-state index in [0.717, 1.165) is 6.07 Å². The van der Waals surface area contributed by atoms with Crippen LogP contribution in [0.3, 0.4) is 0 Å². The summed E-state index contributed by atoms with van der Waals surface area (Å²) in [5, 5.41) is 16.7. The summed E-state index contributed by atoms with van der Waals surface area (Å²) in [4.78, 5) is -0.144.